The number of thiophene rings is 1. The first-order chi connectivity index (χ1) is 12.8. The Kier molecular flexibility index (Phi) is 4.57. The molecule has 1 atom stereocenters. The van der Waals surface area contributed by atoms with Crippen molar-refractivity contribution in [1.82, 2.24) is 20.3 Å². The van der Waals surface area contributed by atoms with E-state index in [0.29, 0.717) is 0 Å². The molecule has 5 nitrogen and oxygen atoms in total. The molecule has 6 heteroatoms. The Morgan fingerprint density at radius 1 is 0.962 bits per heavy atom. The Balaban J connectivity index is 1.59. The van der Waals surface area contributed by atoms with E-state index in [9.17, 15) is 4.79 Å². The average Bonchev–Trinajstić information content (AvgIpc) is 3.39. The maximum absolute atomic E-state index is 12.7. The molecule has 2 aromatic heterocycles. The van der Waals surface area contributed by atoms with Crippen LogP contribution in [-0.4, -0.2) is 20.9 Å². The van der Waals surface area contributed by atoms with Gasteiger partial charge in [0.2, 0.25) is 0 Å². The van der Waals surface area contributed by atoms with E-state index in [1.165, 1.54) is 11.0 Å². The fraction of sp³-hybridized carbons (Fsp3) is 0.0500. The number of amides is 1. The first-order valence-corrected chi connectivity index (χ1v) is 9.06. The van der Waals surface area contributed by atoms with Crippen LogP contribution < -0.4 is 5.32 Å². The molecule has 1 unspecified atom stereocenters. The Hall–Kier alpha value is -3.25. The summed E-state index contributed by atoms with van der Waals surface area (Å²) in [6, 6.07) is 23.2. The van der Waals surface area contributed by atoms with Crippen molar-refractivity contribution in [2.24, 2.45) is 0 Å². The van der Waals surface area contributed by atoms with Crippen LogP contribution in [0.25, 0.3) is 5.69 Å². The molecule has 2 aromatic carbocycles. The summed E-state index contributed by atoms with van der Waals surface area (Å²) in [4.78, 5) is 15.3. The maximum atomic E-state index is 12.7. The lowest BCUT2D eigenvalue weighted by atomic mass is 10.1. The zero-order valence-corrected chi connectivity index (χ0v) is 14.6. The van der Waals surface area contributed by atoms with E-state index < -0.39 is 0 Å². The van der Waals surface area contributed by atoms with Gasteiger partial charge in [0.1, 0.15) is 0 Å². The molecule has 0 fully saturated rings. The van der Waals surface area contributed by atoms with Crippen LogP contribution in [0.3, 0.4) is 0 Å². The summed E-state index contributed by atoms with van der Waals surface area (Å²) in [6.45, 7) is 0. The van der Waals surface area contributed by atoms with E-state index in [1.807, 2.05) is 78.2 Å². The minimum atomic E-state index is -0.255. The number of aromatic nitrogens is 3. The van der Waals surface area contributed by atoms with Gasteiger partial charge in [-0.2, -0.15) is 9.90 Å². The van der Waals surface area contributed by atoms with Crippen LogP contribution in [0, 0.1) is 0 Å². The van der Waals surface area contributed by atoms with Gasteiger partial charge in [-0.15, -0.1) is 16.4 Å². The number of carbonyl (C=O) groups excluding carboxylic acids is 1. The molecular weight excluding hydrogens is 344 g/mol. The lowest BCUT2D eigenvalue weighted by molar-refractivity contribution is 0.0938. The van der Waals surface area contributed by atoms with Crippen LogP contribution in [0.4, 0.5) is 0 Å². The average molecular weight is 360 g/mol. The maximum Gasteiger partial charge on any atom is 0.274 e. The van der Waals surface area contributed by atoms with Gasteiger partial charge < -0.3 is 5.32 Å². The Morgan fingerprint density at radius 3 is 2.38 bits per heavy atom. The van der Waals surface area contributed by atoms with Crippen molar-refractivity contribution in [3.63, 3.8) is 0 Å². The molecule has 0 aliphatic heterocycles. The van der Waals surface area contributed by atoms with E-state index in [1.54, 1.807) is 11.3 Å². The summed E-state index contributed by atoms with van der Waals surface area (Å²) in [7, 11) is 0. The van der Waals surface area contributed by atoms with E-state index in [4.69, 9.17) is 0 Å². The number of benzene rings is 2. The second-order valence-corrected chi connectivity index (χ2v) is 6.67. The third-order valence-corrected chi connectivity index (χ3v) is 4.88. The highest BCUT2D eigenvalue weighted by atomic mass is 32.1. The number of carbonyl (C=O) groups is 1. The monoisotopic (exact) mass is 360 g/mol. The van der Waals surface area contributed by atoms with Crippen molar-refractivity contribution in [3.05, 3.63) is 101 Å². The fourth-order valence-electron chi connectivity index (χ4n) is 2.68. The zero-order valence-electron chi connectivity index (χ0n) is 13.8. The van der Waals surface area contributed by atoms with Crippen molar-refractivity contribution < 1.29 is 4.79 Å². The molecule has 128 valence electrons. The van der Waals surface area contributed by atoms with Crippen LogP contribution in [-0.2, 0) is 0 Å². The highest BCUT2D eigenvalue weighted by Crippen LogP contribution is 2.26. The molecule has 1 N–H and O–H groups in total. The molecule has 0 radical (unpaired) electrons. The standard InChI is InChI=1S/C20H16N4OS/c25-20(17-14-21-24(23-17)16-10-5-2-6-11-16)22-19(18-12-7-13-26-18)15-8-3-1-4-9-15/h1-14,19H,(H,22,25). The summed E-state index contributed by atoms with van der Waals surface area (Å²) >= 11 is 1.61. The van der Waals surface area contributed by atoms with Gasteiger partial charge >= 0.3 is 0 Å². The lowest BCUT2D eigenvalue weighted by Gasteiger charge is -2.17. The normalized spacial score (nSPS) is 11.8. The highest BCUT2D eigenvalue weighted by molar-refractivity contribution is 7.10. The summed E-state index contributed by atoms with van der Waals surface area (Å²) in [5.41, 5.74) is 2.12. The number of para-hydroxylation sites is 1. The largest absolute Gasteiger partial charge is 0.339 e. The predicted octanol–water partition coefficient (Wildman–Crippen LogP) is 3.85. The summed E-state index contributed by atoms with van der Waals surface area (Å²) in [6.07, 6.45) is 1.48. The number of hydrogen-bond acceptors (Lipinski definition) is 4. The minimum absolute atomic E-state index is 0.217. The Bertz CT molecular complexity index is 981. The molecule has 0 spiro atoms. The van der Waals surface area contributed by atoms with E-state index in [0.717, 1.165) is 16.1 Å². The molecule has 4 rings (SSSR count). The molecule has 0 aliphatic rings. The third kappa shape index (κ3) is 3.41. The summed E-state index contributed by atoms with van der Waals surface area (Å²) in [5.74, 6) is -0.255. The van der Waals surface area contributed by atoms with Gasteiger partial charge in [0.15, 0.2) is 5.69 Å². The molecule has 0 aliphatic carbocycles. The van der Waals surface area contributed by atoms with Crippen LogP contribution >= 0.6 is 11.3 Å². The van der Waals surface area contributed by atoms with Gasteiger partial charge in [0.25, 0.3) is 5.91 Å². The number of rotatable bonds is 5. The van der Waals surface area contributed by atoms with Crippen molar-refractivity contribution in [1.29, 1.82) is 0 Å². The van der Waals surface area contributed by atoms with Crippen molar-refractivity contribution in [3.8, 4) is 5.69 Å². The molecule has 0 saturated heterocycles. The Labute approximate surface area is 154 Å². The lowest BCUT2D eigenvalue weighted by Crippen LogP contribution is -2.29. The van der Waals surface area contributed by atoms with Gasteiger partial charge in [-0.1, -0.05) is 54.6 Å². The molecular formula is C20H16N4OS. The predicted molar refractivity (Wildman–Crippen MR) is 101 cm³/mol. The van der Waals surface area contributed by atoms with Crippen LogP contribution in [0.2, 0.25) is 0 Å². The topological polar surface area (TPSA) is 59.8 Å². The third-order valence-electron chi connectivity index (χ3n) is 3.95. The van der Waals surface area contributed by atoms with Crippen LogP contribution in [0.15, 0.2) is 84.4 Å². The van der Waals surface area contributed by atoms with Crippen molar-refractivity contribution >= 4 is 17.2 Å². The van der Waals surface area contributed by atoms with Gasteiger partial charge in [-0.25, -0.2) is 0 Å². The minimum Gasteiger partial charge on any atom is -0.339 e. The van der Waals surface area contributed by atoms with E-state index >= 15 is 0 Å². The molecule has 26 heavy (non-hydrogen) atoms. The smallest absolute Gasteiger partial charge is 0.274 e. The molecule has 0 saturated carbocycles. The highest BCUT2D eigenvalue weighted by Gasteiger charge is 2.20. The molecule has 0 bridgehead atoms. The molecule has 1 amide bonds. The quantitative estimate of drug-likeness (QED) is 0.588. The van der Waals surface area contributed by atoms with Gasteiger partial charge in [-0.05, 0) is 29.1 Å². The first-order valence-electron chi connectivity index (χ1n) is 8.18. The number of nitrogens with one attached hydrogen (secondary N) is 1. The molecule has 2 heterocycles. The second kappa shape index (κ2) is 7.33. The number of hydrogen-bond donors (Lipinski definition) is 1. The van der Waals surface area contributed by atoms with Crippen LogP contribution in [0.1, 0.15) is 27.0 Å². The van der Waals surface area contributed by atoms with Crippen molar-refractivity contribution in [2.45, 2.75) is 6.04 Å². The summed E-state index contributed by atoms with van der Waals surface area (Å²) in [5, 5.41) is 13.6. The number of nitrogens with zero attached hydrogens (tertiary/aromatic N) is 3. The van der Waals surface area contributed by atoms with E-state index in [2.05, 4.69) is 15.5 Å². The van der Waals surface area contributed by atoms with Gasteiger partial charge in [0.05, 0.1) is 17.9 Å². The van der Waals surface area contributed by atoms with Crippen LogP contribution in [0.5, 0.6) is 0 Å². The fourth-order valence-corrected chi connectivity index (χ4v) is 3.48. The summed E-state index contributed by atoms with van der Waals surface area (Å²) < 4.78 is 0. The van der Waals surface area contributed by atoms with Gasteiger partial charge in [-0.3, -0.25) is 4.79 Å². The van der Waals surface area contributed by atoms with Gasteiger partial charge in [0, 0.05) is 4.88 Å². The molecule has 4 aromatic rings. The Morgan fingerprint density at radius 2 is 1.69 bits per heavy atom. The zero-order chi connectivity index (χ0) is 17.8. The van der Waals surface area contributed by atoms with Crippen molar-refractivity contribution in [2.75, 3.05) is 0 Å². The van der Waals surface area contributed by atoms with E-state index in [-0.39, 0.29) is 17.6 Å². The second-order valence-electron chi connectivity index (χ2n) is 5.69. The first kappa shape index (κ1) is 16.2. The SMILES string of the molecule is O=C(NC(c1ccccc1)c1cccs1)c1cnn(-c2ccccc2)n1.